The van der Waals surface area contributed by atoms with Crippen LogP contribution in [0.15, 0.2) is 121 Å². The molecule has 25 nitrogen and oxygen atoms in total. The lowest BCUT2D eigenvalue weighted by Crippen LogP contribution is -2.70. The average molecular weight is 1450 g/mol. The topological polar surface area (TPSA) is 337 Å². The van der Waals surface area contributed by atoms with Crippen molar-refractivity contribution in [2.24, 2.45) is 40.2 Å². The lowest BCUT2D eigenvalue weighted by Gasteiger charge is -2.63. The molecule has 0 bridgehead atoms. The van der Waals surface area contributed by atoms with Crippen LogP contribution in [0.2, 0.25) is 0 Å². The second-order valence-electron chi connectivity index (χ2n) is 27.9. The van der Waals surface area contributed by atoms with E-state index in [0.29, 0.717) is 55.4 Å². The van der Waals surface area contributed by atoms with Gasteiger partial charge in [-0.3, -0.25) is 38.9 Å². The summed E-state index contributed by atoms with van der Waals surface area (Å²) in [6, 6.07) is 26.2. The number of rotatable bonds is 36. The van der Waals surface area contributed by atoms with Crippen LogP contribution in [0, 0.1) is 46.3 Å². The molecule has 0 unspecified atom stereocenters. The van der Waals surface area contributed by atoms with Gasteiger partial charge in [0.1, 0.15) is 31.9 Å². The Kier molecular flexibility index (Phi) is 26.6. The fourth-order valence-corrected chi connectivity index (χ4v) is 15.5. The molecule has 2 aliphatic heterocycles. The number of hydrogen-bond donors (Lipinski definition) is 7. The molecular formula is C78H93F2N7O18. The smallest absolute Gasteiger partial charge is 0.411 e. The fraction of sp³-hybridized carbons (Fsp3) is 0.500. The highest BCUT2D eigenvalue weighted by atomic mass is 19.1. The summed E-state index contributed by atoms with van der Waals surface area (Å²) in [5.41, 5.74) is 3.08. The number of Topliss-reactive ketones (excluding diaryl/α,β-unsaturated/α-hetero) is 2. The van der Waals surface area contributed by atoms with Crippen molar-refractivity contribution < 1.29 is 94.9 Å². The molecular weight excluding hydrogens is 1360 g/mol. The number of hydrogen-bond acceptors (Lipinski definition) is 18. The third-order valence-corrected chi connectivity index (χ3v) is 20.9. The van der Waals surface area contributed by atoms with Crippen LogP contribution in [0.1, 0.15) is 108 Å². The summed E-state index contributed by atoms with van der Waals surface area (Å²) in [5, 5.41) is 25.4. The highest BCUT2D eigenvalue weighted by Gasteiger charge is 2.79. The Morgan fingerprint density at radius 3 is 2.12 bits per heavy atom. The number of fused-ring (bicyclic) bond motifs is 9. The van der Waals surface area contributed by atoms with Gasteiger partial charge in [-0.25, -0.2) is 18.4 Å². The minimum atomic E-state index is -2.34. The van der Waals surface area contributed by atoms with Gasteiger partial charge < -0.3 is 74.9 Å². The number of benzene rings is 4. The van der Waals surface area contributed by atoms with Gasteiger partial charge in [0.2, 0.25) is 29.4 Å². The van der Waals surface area contributed by atoms with Gasteiger partial charge in [-0.2, -0.15) is 0 Å². The van der Waals surface area contributed by atoms with Crippen LogP contribution >= 0.6 is 0 Å². The van der Waals surface area contributed by atoms with E-state index in [2.05, 4.69) is 38.4 Å². The molecule has 4 aromatic rings. The normalized spacial score (nSPS) is 24.4. The van der Waals surface area contributed by atoms with Crippen molar-refractivity contribution in [3.63, 3.8) is 0 Å². The Morgan fingerprint density at radius 1 is 0.752 bits per heavy atom. The van der Waals surface area contributed by atoms with E-state index in [1.165, 1.54) is 43.3 Å². The highest BCUT2D eigenvalue weighted by Crippen LogP contribution is 2.71. The van der Waals surface area contributed by atoms with E-state index in [1.807, 2.05) is 48.5 Å². The number of alkyl halides is 2. The molecule has 2 heterocycles. The fourth-order valence-electron chi connectivity index (χ4n) is 15.5. The Labute approximate surface area is 608 Å². The summed E-state index contributed by atoms with van der Waals surface area (Å²) in [6.07, 6.45) is -1.16. The maximum atomic E-state index is 17.8. The largest absolute Gasteiger partial charge is 0.486 e. The molecule has 105 heavy (non-hydrogen) atoms. The SMILES string of the molecule is CC(C)[C@H](NC(=O)CCOCCOCCOCCOCCNC(=O)CCC(=O)N1Cc2ccccc2C#Cc2ccccc21)C(=O)C[C@@H](CCCNC(N)=O)C(=O)Nc1ccc(COC(=O)Nc2ccc(OCC(=O)[C@@]34OCO[C@@H]3C[C@H]3[C@@H]5C[C@H](F)C6=CC(=O)C=C[C@]6(C)[C@@]5(F)[C@@H](O)C[C@@]34C)cc2)cc1. The van der Waals surface area contributed by atoms with Crippen molar-refractivity contribution >= 4 is 70.2 Å². The van der Waals surface area contributed by atoms with Gasteiger partial charge in [0.25, 0.3) is 0 Å². The highest BCUT2D eigenvalue weighted by molar-refractivity contribution is 6.02. The van der Waals surface area contributed by atoms with E-state index in [-0.39, 0.29) is 146 Å². The molecule has 562 valence electrons. The number of allylic oxidation sites excluding steroid dienone is 4. The zero-order valence-corrected chi connectivity index (χ0v) is 59.5. The summed E-state index contributed by atoms with van der Waals surface area (Å²) in [5.74, 6) is 1.17. The minimum Gasteiger partial charge on any atom is -0.486 e. The first kappa shape index (κ1) is 78.3. The second kappa shape index (κ2) is 35.7. The Hall–Kier alpha value is -9.27. The third kappa shape index (κ3) is 18.5. The molecule has 27 heteroatoms. The number of amides is 7. The monoisotopic (exact) mass is 1450 g/mol. The number of aliphatic hydroxyl groups is 1. The van der Waals surface area contributed by atoms with Crippen LogP contribution in [-0.4, -0.2) is 173 Å². The lowest BCUT2D eigenvalue weighted by atomic mass is 9.44. The molecule has 4 fully saturated rings. The number of primary amides is 1. The number of carbonyl (C=O) groups is 9. The van der Waals surface area contributed by atoms with E-state index in [9.17, 15) is 48.3 Å². The van der Waals surface area contributed by atoms with Gasteiger partial charge in [0.05, 0.1) is 83.3 Å². The molecule has 6 aliphatic rings. The molecule has 8 N–H and O–H groups in total. The maximum absolute atomic E-state index is 17.8. The predicted molar refractivity (Wildman–Crippen MR) is 380 cm³/mol. The number of urea groups is 1. The summed E-state index contributed by atoms with van der Waals surface area (Å²) in [7, 11) is 0. The van der Waals surface area contributed by atoms with Gasteiger partial charge in [-0.15, -0.1) is 0 Å². The number of nitrogens with one attached hydrogen (secondary N) is 5. The number of aliphatic hydroxyl groups excluding tert-OH is 1. The first-order chi connectivity index (χ1) is 50.4. The van der Waals surface area contributed by atoms with Gasteiger partial charge in [-0.1, -0.05) is 81.2 Å². The van der Waals surface area contributed by atoms with Gasteiger partial charge in [0, 0.05) is 83.9 Å². The van der Waals surface area contributed by atoms with Crippen molar-refractivity contribution in [1.29, 1.82) is 0 Å². The van der Waals surface area contributed by atoms with Gasteiger partial charge in [0.15, 0.2) is 22.8 Å². The van der Waals surface area contributed by atoms with E-state index >= 15 is 8.78 Å². The van der Waals surface area contributed by atoms with Crippen molar-refractivity contribution in [3.05, 3.63) is 143 Å². The molecule has 11 atom stereocenters. The molecule has 10 rings (SSSR count). The van der Waals surface area contributed by atoms with E-state index in [1.54, 1.807) is 49.9 Å². The number of halogens is 2. The van der Waals surface area contributed by atoms with Crippen molar-refractivity contribution in [1.82, 2.24) is 16.0 Å². The van der Waals surface area contributed by atoms with E-state index < -0.39 is 106 Å². The van der Waals surface area contributed by atoms with Gasteiger partial charge in [-0.05, 0) is 134 Å². The quantitative estimate of drug-likeness (QED) is 0.0168. The second-order valence-corrected chi connectivity index (χ2v) is 27.9. The number of carbonyl (C=O) groups excluding carboxylic acids is 9. The number of ether oxygens (including phenoxy) is 8. The lowest BCUT2D eigenvalue weighted by molar-refractivity contribution is -0.226. The molecule has 4 aromatic carbocycles. The maximum Gasteiger partial charge on any atom is 0.411 e. The summed E-state index contributed by atoms with van der Waals surface area (Å²) < 4.78 is 79.7. The number of nitrogens with two attached hydrogens (primary N) is 1. The van der Waals surface area contributed by atoms with Crippen LogP contribution in [0.4, 0.5) is 35.4 Å². The standard InChI is InChI=1S/C78H93F2N7O18/c1-49(2)71(86-69(93)28-32-98-34-36-100-38-39-101-37-35-99-33-31-82-68(92)25-26-70(94)87-45-54-12-6-5-10-51(54)17-18-52-11-7-8-14-63(52)87)64(89)40-53(13-9-30-83-73(81)96)72(95)84-55-19-15-50(16-20-55)46-103-74(97)85-56-21-23-58(24-22-56)102-47-66(91)78-67(104-48-105-78)43-59-60-42-62(79)61-41-57(88)27-29-75(61,3)77(60,80)65(90)44-76(59,78)4/h5-8,10-12,14-16,19-24,27,29,41,49,53,59-60,62,65,67,71,90H,9,13,25-26,28,30-40,42-48H2,1-4H3,(H,82,92)(H,84,95)(H,85,97)(H,86,93)(H3,81,83,96)/t53-,59+,60+,62+,65+,67-,71+,75+,76+,77+,78-/m1/s1. The first-order valence-corrected chi connectivity index (χ1v) is 35.7. The number of ketones is 3. The zero-order chi connectivity index (χ0) is 74.9. The van der Waals surface area contributed by atoms with E-state index in [0.717, 1.165) is 22.8 Å². The average Bonchev–Trinajstić information content (AvgIpc) is 1.56. The van der Waals surface area contributed by atoms with Crippen molar-refractivity contribution in [3.8, 4) is 17.6 Å². The van der Waals surface area contributed by atoms with Crippen molar-refractivity contribution in [2.75, 3.05) is 94.9 Å². The molecule has 3 saturated carbocycles. The Bertz CT molecular complexity index is 3940. The molecule has 0 radical (unpaired) electrons. The van der Waals surface area contributed by atoms with Crippen molar-refractivity contribution in [2.45, 2.75) is 134 Å². The molecule has 0 spiro atoms. The summed E-state index contributed by atoms with van der Waals surface area (Å²) in [4.78, 5) is 120. The predicted octanol–water partition coefficient (Wildman–Crippen LogP) is 7.83. The summed E-state index contributed by atoms with van der Waals surface area (Å²) >= 11 is 0. The van der Waals surface area contributed by atoms with Crippen LogP contribution in [0.25, 0.3) is 0 Å². The zero-order valence-electron chi connectivity index (χ0n) is 59.5. The number of anilines is 3. The van der Waals surface area contributed by atoms with Gasteiger partial charge >= 0.3 is 12.1 Å². The Balaban J connectivity index is 0.582. The van der Waals surface area contributed by atoms with E-state index in [4.69, 9.17) is 43.6 Å². The summed E-state index contributed by atoms with van der Waals surface area (Å²) in [6.45, 7) is 8.74. The molecule has 7 amide bonds. The Morgan fingerprint density at radius 2 is 1.41 bits per heavy atom. The van der Waals surface area contributed by atoms with Crippen LogP contribution in [0.3, 0.4) is 0 Å². The molecule has 1 saturated heterocycles. The molecule has 4 aliphatic carbocycles. The van der Waals surface area contributed by atoms with Crippen LogP contribution < -0.4 is 42.0 Å². The molecule has 0 aromatic heterocycles. The first-order valence-electron chi connectivity index (χ1n) is 35.7. The van der Waals surface area contributed by atoms with Crippen LogP contribution in [0.5, 0.6) is 5.75 Å². The van der Waals surface area contributed by atoms with Crippen LogP contribution in [-0.2, 0) is 79.9 Å². The number of para-hydroxylation sites is 1. The number of nitrogens with zero attached hydrogens (tertiary/aromatic N) is 1. The third-order valence-electron chi connectivity index (χ3n) is 20.9. The minimum absolute atomic E-state index is 0.00244.